The third-order valence-corrected chi connectivity index (χ3v) is 5.47. The molecule has 0 saturated carbocycles. The van der Waals surface area contributed by atoms with Crippen LogP contribution in [0.1, 0.15) is 29.0 Å². The number of alkyl halides is 2. The predicted molar refractivity (Wildman–Crippen MR) is 117 cm³/mol. The van der Waals surface area contributed by atoms with Gasteiger partial charge in [-0.1, -0.05) is 11.6 Å². The van der Waals surface area contributed by atoms with Crippen molar-refractivity contribution in [2.24, 2.45) is 0 Å². The maximum Gasteiger partial charge on any atom is 0.273 e. The average Bonchev–Trinajstić information content (AvgIpc) is 2.78. The van der Waals surface area contributed by atoms with Gasteiger partial charge in [-0.15, -0.1) is 0 Å². The molecule has 1 amide bonds. The summed E-state index contributed by atoms with van der Waals surface area (Å²) in [4.78, 5) is 32.0. The quantitative estimate of drug-likeness (QED) is 0.615. The third-order valence-electron chi connectivity index (χ3n) is 5.24. The first kappa shape index (κ1) is 22.0. The average molecular weight is 459 g/mol. The number of piperidine rings is 1. The minimum atomic E-state index is -2.86. The number of likely N-dealkylation sites (tertiary alicyclic amines) is 1. The number of carbonyl (C=O) groups excluding carboxylic acids is 1. The second-order valence-corrected chi connectivity index (χ2v) is 8.06. The number of nitrogens with one attached hydrogen (secondary N) is 1. The highest BCUT2D eigenvalue weighted by atomic mass is 35.5. The molecule has 1 saturated heterocycles. The molecule has 7 nitrogen and oxygen atoms in total. The van der Waals surface area contributed by atoms with E-state index in [0.29, 0.717) is 27.9 Å². The molecule has 32 heavy (non-hydrogen) atoms. The van der Waals surface area contributed by atoms with E-state index in [1.807, 2.05) is 0 Å². The normalized spacial score (nSPS) is 17.8. The van der Waals surface area contributed by atoms with Crippen LogP contribution in [0.25, 0.3) is 11.4 Å². The fraction of sp³-hybridized carbons (Fsp3) is 0.318. The van der Waals surface area contributed by atoms with Crippen LogP contribution in [-0.2, 0) is 0 Å². The van der Waals surface area contributed by atoms with Crippen molar-refractivity contribution in [2.45, 2.75) is 31.7 Å². The number of rotatable bonds is 5. The Bertz CT molecular complexity index is 1100. The third kappa shape index (κ3) is 4.99. The lowest BCUT2D eigenvalue weighted by Crippen LogP contribution is -2.52. The Balaban J connectivity index is 1.62. The van der Waals surface area contributed by atoms with E-state index in [1.165, 1.54) is 11.1 Å². The molecule has 1 fully saturated rings. The number of carbonyl (C=O) groups is 1. The zero-order valence-corrected chi connectivity index (χ0v) is 18.1. The molecule has 0 aliphatic carbocycles. The van der Waals surface area contributed by atoms with Crippen LogP contribution in [0.2, 0.25) is 5.02 Å². The van der Waals surface area contributed by atoms with Crippen LogP contribution >= 0.6 is 11.6 Å². The molecule has 0 unspecified atom stereocenters. The van der Waals surface area contributed by atoms with Crippen molar-refractivity contribution >= 4 is 23.3 Å². The van der Waals surface area contributed by atoms with Crippen molar-refractivity contribution < 1.29 is 13.6 Å². The number of hydrogen-bond donors (Lipinski definition) is 1. The van der Waals surface area contributed by atoms with Crippen LogP contribution in [0, 0.1) is 6.92 Å². The van der Waals surface area contributed by atoms with Gasteiger partial charge in [-0.05, 0) is 37.3 Å². The smallest absolute Gasteiger partial charge is 0.273 e. The maximum atomic E-state index is 14.2. The summed E-state index contributed by atoms with van der Waals surface area (Å²) in [6, 6.07) is 7.72. The van der Waals surface area contributed by atoms with E-state index in [4.69, 9.17) is 11.6 Å². The van der Waals surface area contributed by atoms with Crippen LogP contribution < -0.4 is 5.32 Å². The van der Waals surface area contributed by atoms with E-state index < -0.39 is 30.7 Å². The van der Waals surface area contributed by atoms with Crippen LogP contribution in [0.5, 0.6) is 0 Å². The molecule has 1 aliphatic heterocycles. The summed E-state index contributed by atoms with van der Waals surface area (Å²) in [5.41, 5.74) is 1.25. The molecule has 0 bridgehead atoms. The van der Waals surface area contributed by atoms with Gasteiger partial charge in [-0.2, -0.15) is 0 Å². The molecule has 10 heteroatoms. The standard InChI is InChI=1S/C22H21ClF2N6O/c1-14-3-5-17(20-26-8-2-9-27-20)19(30-14)21(32)31-10-7-22(24,25)11-16(31)13-29-18-6-4-15(23)12-28-18/h2-6,8-9,12,16H,7,10-11,13H2,1H3,(H,28,29)/t16-/m0/s1. The summed E-state index contributed by atoms with van der Waals surface area (Å²) in [6.07, 6.45) is 3.75. The van der Waals surface area contributed by atoms with Gasteiger partial charge in [0.15, 0.2) is 5.82 Å². The summed E-state index contributed by atoms with van der Waals surface area (Å²) < 4.78 is 28.5. The van der Waals surface area contributed by atoms with Crippen LogP contribution in [-0.4, -0.2) is 55.8 Å². The number of pyridine rings is 2. The van der Waals surface area contributed by atoms with Gasteiger partial charge in [-0.25, -0.2) is 28.7 Å². The lowest BCUT2D eigenvalue weighted by molar-refractivity contribution is -0.0675. The van der Waals surface area contributed by atoms with Crippen LogP contribution in [0.3, 0.4) is 0 Å². The molecular formula is C22H21ClF2N6O. The van der Waals surface area contributed by atoms with Crippen molar-refractivity contribution in [1.29, 1.82) is 0 Å². The molecule has 1 atom stereocenters. The molecule has 3 aromatic heterocycles. The Morgan fingerprint density at radius 1 is 1.22 bits per heavy atom. The van der Waals surface area contributed by atoms with Gasteiger partial charge in [0.05, 0.1) is 16.6 Å². The van der Waals surface area contributed by atoms with Gasteiger partial charge in [0.1, 0.15) is 11.5 Å². The van der Waals surface area contributed by atoms with Crippen LogP contribution in [0.4, 0.5) is 14.6 Å². The summed E-state index contributed by atoms with van der Waals surface area (Å²) in [5.74, 6) is -2.45. The number of aromatic nitrogens is 4. The molecule has 4 heterocycles. The highest BCUT2D eigenvalue weighted by molar-refractivity contribution is 6.30. The minimum Gasteiger partial charge on any atom is -0.368 e. The van der Waals surface area contributed by atoms with E-state index in [-0.39, 0.29) is 18.8 Å². The number of hydrogen-bond acceptors (Lipinski definition) is 6. The topological polar surface area (TPSA) is 83.9 Å². The number of aryl methyl sites for hydroxylation is 1. The number of amides is 1. The highest BCUT2D eigenvalue weighted by Gasteiger charge is 2.42. The van der Waals surface area contributed by atoms with Crippen molar-refractivity contribution in [3.05, 3.63) is 65.3 Å². The fourth-order valence-electron chi connectivity index (χ4n) is 3.65. The second kappa shape index (κ2) is 9.12. The Kier molecular flexibility index (Phi) is 6.27. The first-order valence-corrected chi connectivity index (χ1v) is 10.5. The summed E-state index contributed by atoms with van der Waals surface area (Å²) in [7, 11) is 0. The van der Waals surface area contributed by atoms with Gasteiger partial charge in [0.25, 0.3) is 11.8 Å². The van der Waals surface area contributed by atoms with E-state index in [2.05, 4.69) is 25.3 Å². The molecule has 1 aliphatic rings. The Hall–Kier alpha value is -3.20. The molecule has 0 radical (unpaired) electrons. The van der Waals surface area contributed by atoms with Gasteiger partial charge in [-0.3, -0.25) is 4.79 Å². The Morgan fingerprint density at radius 2 is 2.00 bits per heavy atom. The molecular weight excluding hydrogens is 438 g/mol. The molecule has 3 aromatic rings. The molecule has 0 aromatic carbocycles. The van der Waals surface area contributed by atoms with E-state index in [9.17, 15) is 13.6 Å². The number of nitrogens with zero attached hydrogens (tertiary/aromatic N) is 5. The van der Waals surface area contributed by atoms with Crippen molar-refractivity contribution in [3.8, 4) is 11.4 Å². The van der Waals surface area contributed by atoms with Crippen molar-refractivity contribution in [2.75, 3.05) is 18.4 Å². The van der Waals surface area contributed by atoms with Crippen LogP contribution in [0.15, 0.2) is 48.9 Å². The lowest BCUT2D eigenvalue weighted by atomic mass is 9.97. The largest absolute Gasteiger partial charge is 0.368 e. The first-order chi connectivity index (χ1) is 15.3. The zero-order chi connectivity index (χ0) is 22.7. The summed E-state index contributed by atoms with van der Waals surface area (Å²) in [6.45, 7) is 1.79. The molecule has 0 spiro atoms. The minimum absolute atomic E-state index is 0.0864. The van der Waals surface area contributed by atoms with Gasteiger partial charge in [0.2, 0.25) is 0 Å². The van der Waals surface area contributed by atoms with Gasteiger partial charge in [0, 0.05) is 50.2 Å². The van der Waals surface area contributed by atoms with Crippen molar-refractivity contribution in [1.82, 2.24) is 24.8 Å². The Labute approximate surface area is 188 Å². The van der Waals surface area contributed by atoms with E-state index in [1.54, 1.807) is 49.6 Å². The zero-order valence-electron chi connectivity index (χ0n) is 17.3. The van der Waals surface area contributed by atoms with E-state index >= 15 is 0 Å². The first-order valence-electron chi connectivity index (χ1n) is 10.1. The number of halogens is 3. The fourth-order valence-corrected chi connectivity index (χ4v) is 3.76. The monoisotopic (exact) mass is 458 g/mol. The van der Waals surface area contributed by atoms with E-state index in [0.717, 1.165) is 0 Å². The molecule has 1 N–H and O–H groups in total. The highest BCUT2D eigenvalue weighted by Crippen LogP contribution is 2.33. The second-order valence-electron chi connectivity index (χ2n) is 7.63. The maximum absolute atomic E-state index is 14.2. The lowest BCUT2D eigenvalue weighted by Gasteiger charge is -2.39. The molecule has 4 rings (SSSR count). The Morgan fingerprint density at radius 3 is 2.72 bits per heavy atom. The van der Waals surface area contributed by atoms with Crippen molar-refractivity contribution in [3.63, 3.8) is 0 Å². The molecule has 166 valence electrons. The van der Waals surface area contributed by atoms with Gasteiger partial charge >= 0.3 is 0 Å². The van der Waals surface area contributed by atoms with Gasteiger partial charge < -0.3 is 10.2 Å². The predicted octanol–water partition coefficient (Wildman–Crippen LogP) is 4.25. The summed E-state index contributed by atoms with van der Waals surface area (Å²) in [5, 5.41) is 3.50. The summed E-state index contributed by atoms with van der Waals surface area (Å²) >= 11 is 5.85. The SMILES string of the molecule is Cc1ccc(-c2ncccn2)c(C(=O)N2CCC(F)(F)C[C@H]2CNc2ccc(Cl)cn2)n1. The number of anilines is 1.